The molecule has 0 amide bonds. The molecule has 0 heterocycles. The molecular weight excluding hydrogens is 961 g/mol. The third kappa shape index (κ3) is 63.4. The molecule has 0 radical (unpaired) electrons. The van der Waals surface area contributed by atoms with E-state index in [-0.39, 0.29) is 31.1 Å². The summed E-state index contributed by atoms with van der Waals surface area (Å²) >= 11 is 0. The normalized spacial score (nSPS) is 12.6. The van der Waals surface area contributed by atoms with E-state index in [4.69, 9.17) is 14.2 Å². The molecule has 0 aromatic carbocycles. The summed E-state index contributed by atoms with van der Waals surface area (Å²) in [5.74, 6) is -0.876. The second kappa shape index (κ2) is 66.1. The van der Waals surface area contributed by atoms with E-state index in [9.17, 15) is 14.4 Å². The minimum Gasteiger partial charge on any atom is -0.462 e. The number of ether oxygens (including phenoxy) is 3. The molecule has 450 valence electrons. The molecule has 0 saturated heterocycles. The van der Waals surface area contributed by atoms with E-state index in [1.807, 2.05) is 0 Å². The van der Waals surface area contributed by atoms with Gasteiger partial charge in [0, 0.05) is 19.3 Å². The third-order valence-electron chi connectivity index (χ3n) is 14.6. The predicted molar refractivity (Wildman–Crippen MR) is 339 cm³/mol. The van der Waals surface area contributed by atoms with E-state index in [1.54, 1.807) is 0 Å². The van der Waals surface area contributed by atoms with Gasteiger partial charge in [-0.15, -0.1) is 0 Å². The molecule has 1 atom stereocenters. The number of unbranched alkanes of at least 4 members (excludes halogenated alkanes) is 36. The van der Waals surface area contributed by atoms with Gasteiger partial charge in [0.1, 0.15) is 13.2 Å². The van der Waals surface area contributed by atoms with Gasteiger partial charge in [0.2, 0.25) is 0 Å². The Morgan fingerprint density at radius 1 is 0.269 bits per heavy atom. The van der Waals surface area contributed by atoms with Crippen molar-refractivity contribution in [1.29, 1.82) is 0 Å². The lowest BCUT2D eigenvalue weighted by Crippen LogP contribution is -2.30. The Morgan fingerprint density at radius 2 is 0.526 bits per heavy atom. The molecule has 0 fully saturated rings. The van der Waals surface area contributed by atoms with Crippen molar-refractivity contribution in [2.24, 2.45) is 0 Å². The maximum atomic E-state index is 12.9. The summed E-state index contributed by atoms with van der Waals surface area (Å²) in [6.45, 7) is 6.49. The molecule has 0 N–H and O–H groups in total. The van der Waals surface area contributed by atoms with Crippen LogP contribution in [0, 0.1) is 0 Å². The van der Waals surface area contributed by atoms with Gasteiger partial charge in [0.25, 0.3) is 0 Å². The number of esters is 3. The number of carbonyl (C=O) groups is 3. The number of rotatable bonds is 61. The number of hydrogen-bond acceptors (Lipinski definition) is 6. The van der Waals surface area contributed by atoms with Crippen molar-refractivity contribution in [2.45, 2.75) is 341 Å². The maximum absolute atomic E-state index is 12.9. The maximum Gasteiger partial charge on any atom is 0.306 e. The fourth-order valence-electron chi connectivity index (χ4n) is 9.59. The first-order chi connectivity index (χ1) is 38.5. The molecule has 6 heteroatoms. The number of hydrogen-bond donors (Lipinski definition) is 0. The second-order valence-corrected chi connectivity index (χ2v) is 22.3. The first-order valence-electron chi connectivity index (χ1n) is 33.6. The van der Waals surface area contributed by atoms with Crippen molar-refractivity contribution in [2.75, 3.05) is 13.2 Å². The quantitative estimate of drug-likeness (QED) is 0.0261. The molecule has 0 aliphatic rings. The highest BCUT2D eigenvalue weighted by atomic mass is 16.6. The molecule has 0 rings (SSSR count). The van der Waals surface area contributed by atoms with Gasteiger partial charge >= 0.3 is 17.9 Å². The summed E-state index contributed by atoms with van der Waals surface area (Å²) in [4.78, 5) is 38.3. The van der Waals surface area contributed by atoms with E-state index in [0.29, 0.717) is 19.3 Å². The first kappa shape index (κ1) is 74.6. The summed E-state index contributed by atoms with van der Waals surface area (Å²) in [6, 6.07) is 0. The SMILES string of the molecule is CC/C=C\C/C=C\C/C=C\C/C=C\C/C=C\CCCCCCCCCCCCCCCCCC(=O)OCC(COC(=O)CCCCCCC/C=C\CCC)OC(=O)CCCCCCCCCCC/C=C\CCCCCCCC. The van der Waals surface area contributed by atoms with E-state index in [1.165, 1.54) is 193 Å². The number of carbonyl (C=O) groups excluding carboxylic acids is 3. The van der Waals surface area contributed by atoms with Crippen LogP contribution in [0.25, 0.3) is 0 Å². The monoisotopic (exact) mass is 1090 g/mol. The Bertz CT molecular complexity index is 1480. The summed E-state index contributed by atoms with van der Waals surface area (Å²) < 4.78 is 16.9. The summed E-state index contributed by atoms with van der Waals surface area (Å²) in [7, 11) is 0. The van der Waals surface area contributed by atoms with Crippen molar-refractivity contribution in [3.05, 3.63) is 85.1 Å². The van der Waals surface area contributed by atoms with Crippen LogP contribution < -0.4 is 0 Å². The average Bonchev–Trinajstić information content (AvgIpc) is 3.44. The van der Waals surface area contributed by atoms with E-state index in [2.05, 4.69) is 106 Å². The Labute approximate surface area is 484 Å². The van der Waals surface area contributed by atoms with Crippen LogP contribution >= 0.6 is 0 Å². The van der Waals surface area contributed by atoms with Gasteiger partial charge in [0.15, 0.2) is 6.10 Å². The van der Waals surface area contributed by atoms with Crippen LogP contribution in [0.15, 0.2) is 85.1 Å². The zero-order valence-electron chi connectivity index (χ0n) is 51.7. The Hall–Kier alpha value is -3.41. The highest BCUT2D eigenvalue weighted by Gasteiger charge is 2.19. The molecule has 1 unspecified atom stereocenters. The Morgan fingerprint density at radius 3 is 0.846 bits per heavy atom. The molecule has 0 bridgehead atoms. The van der Waals surface area contributed by atoms with E-state index >= 15 is 0 Å². The standard InChI is InChI=1S/C72H126O6/c1-4-7-10-13-16-19-22-24-26-28-30-31-32-33-34-35-36-37-38-39-40-41-43-44-46-48-50-53-56-59-62-65-71(74)77-68-69(67-76-70(73)64-61-58-55-52-21-18-15-12-9-6-3)78-72(75)66-63-60-57-54-51-49-47-45-42-29-27-25-23-20-17-14-11-8-5-2/h7,10,12,15-16,19,24-27,30-31,33-34,69H,4-6,8-9,11,13-14,17-18,20-23,28-29,32,35-68H2,1-3H3/b10-7-,15-12-,19-16-,26-24-,27-25-,31-30-,34-33-. The fourth-order valence-corrected chi connectivity index (χ4v) is 9.59. The van der Waals surface area contributed by atoms with Crippen molar-refractivity contribution >= 4 is 17.9 Å². The highest BCUT2D eigenvalue weighted by Crippen LogP contribution is 2.17. The smallest absolute Gasteiger partial charge is 0.306 e. The highest BCUT2D eigenvalue weighted by molar-refractivity contribution is 5.71. The van der Waals surface area contributed by atoms with Gasteiger partial charge < -0.3 is 14.2 Å². The van der Waals surface area contributed by atoms with E-state index < -0.39 is 6.10 Å². The molecule has 0 aromatic rings. The predicted octanol–water partition coefficient (Wildman–Crippen LogP) is 23.1. The zero-order valence-corrected chi connectivity index (χ0v) is 51.7. The number of allylic oxidation sites excluding steroid dienone is 14. The van der Waals surface area contributed by atoms with Gasteiger partial charge in [-0.25, -0.2) is 0 Å². The van der Waals surface area contributed by atoms with Crippen molar-refractivity contribution in [3.63, 3.8) is 0 Å². The van der Waals surface area contributed by atoms with Crippen molar-refractivity contribution < 1.29 is 28.6 Å². The average molecular weight is 1090 g/mol. The Balaban J connectivity index is 4.15. The molecule has 6 nitrogen and oxygen atoms in total. The zero-order chi connectivity index (χ0) is 56.4. The lowest BCUT2D eigenvalue weighted by molar-refractivity contribution is -0.167. The molecule has 0 aliphatic heterocycles. The van der Waals surface area contributed by atoms with Crippen molar-refractivity contribution in [1.82, 2.24) is 0 Å². The summed E-state index contributed by atoms with van der Waals surface area (Å²) in [6.07, 6.45) is 87.6. The molecule has 0 aromatic heterocycles. The van der Waals surface area contributed by atoms with Crippen molar-refractivity contribution in [3.8, 4) is 0 Å². The van der Waals surface area contributed by atoms with Crippen LogP contribution in [0.5, 0.6) is 0 Å². The van der Waals surface area contributed by atoms with Crippen LogP contribution in [0.3, 0.4) is 0 Å². The van der Waals surface area contributed by atoms with Gasteiger partial charge in [-0.05, 0) is 109 Å². The van der Waals surface area contributed by atoms with Gasteiger partial charge in [-0.1, -0.05) is 292 Å². The minimum atomic E-state index is -0.779. The van der Waals surface area contributed by atoms with Crippen LogP contribution in [-0.4, -0.2) is 37.2 Å². The van der Waals surface area contributed by atoms with Crippen LogP contribution in [-0.2, 0) is 28.6 Å². The lowest BCUT2D eigenvalue weighted by Gasteiger charge is -2.18. The molecule has 78 heavy (non-hydrogen) atoms. The molecule has 0 aliphatic carbocycles. The minimum absolute atomic E-state index is 0.0769. The Kier molecular flexibility index (Phi) is 63.2. The third-order valence-corrected chi connectivity index (χ3v) is 14.6. The van der Waals surface area contributed by atoms with Crippen LogP contribution in [0.2, 0.25) is 0 Å². The van der Waals surface area contributed by atoms with Gasteiger partial charge in [-0.2, -0.15) is 0 Å². The molecule has 0 spiro atoms. The van der Waals surface area contributed by atoms with E-state index in [0.717, 1.165) is 103 Å². The summed E-state index contributed by atoms with van der Waals surface area (Å²) in [5.41, 5.74) is 0. The summed E-state index contributed by atoms with van der Waals surface area (Å²) in [5, 5.41) is 0. The topological polar surface area (TPSA) is 78.9 Å². The second-order valence-electron chi connectivity index (χ2n) is 22.3. The molecular formula is C72H126O6. The fraction of sp³-hybridized carbons (Fsp3) is 0.764. The first-order valence-corrected chi connectivity index (χ1v) is 33.6. The largest absolute Gasteiger partial charge is 0.462 e. The van der Waals surface area contributed by atoms with Crippen LogP contribution in [0.4, 0.5) is 0 Å². The van der Waals surface area contributed by atoms with Gasteiger partial charge in [-0.3, -0.25) is 14.4 Å². The lowest BCUT2D eigenvalue weighted by atomic mass is 10.0. The van der Waals surface area contributed by atoms with Crippen LogP contribution in [0.1, 0.15) is 335 Å². The van der Waals surface area contributed by atoms with Gasteiger partial charge in [0.05, 0.1) is 0 Å². The molecule has 0 saturated carbocycles.